The van der Waals surface area contributed by atoms with E-state index in [0.29, 0.717) is 12.2 Å². The van der Waals surface area contributed by atoms with E-state index in [1.807, 2.05) is 24.3 Å². The largest absolute Gasteiger partial charge is 0.392 e. The lowest BCUT2D eigenvalue weighted by Crippen LogP contribution is -2.20. The molecule has 0 fully saturated rings. The second kappa shape index (κ2) is 6.71. The molecule has 21 heavy (non-hydrogen) atoms. The van der Waals surface area contributed by atoms with Crippen LogP contribution < -0.4 is 10.0 Å². The number of sulfonamides is 1. The Hall–Kier alpha value is -1.89. The molecule has 0 unspecified atom stereocenters. The number of anilines is 1. The van der Waals surface area contributed by atoms with Crippen LogP contribution in [0.5, 0.6) is 0 Å². The van der Waals surface area contributed by atoms with E-state index in [2.05, 4.69) is 10.0 Å². The molecule has 6 heteroatoms. The first-order chi connectivity index (χ1) is 10.1. The molecule has 0 heterocycles. The minimum absolute atomic E-state index is 0.0153. The highest BCUT2D eigenvalue weighted by Crippen LogP contribution is 2.21. The number of hydrogen-bond donors (Lipinski definition) is 3. The molecule has 0 saturated carbocycles. The van der Waals surface area contributed by atoms with E-state index in [1.165, 1.54) is 7.05 Å². The lowest BCUT2D eigenvalue weighted by molar-refractivity contribution is 0.281. The van der Waals surface area contributed by atoms with E-state index in [0.717, 1.165) is 11.1 Å². The fourth-order valence-corrected chi connectivity index (χ4v) is 2.90. The maximum Gasteiger partial charge on any atom is 0.242 e. The topological polar surface area (TPSA) is 78.4 Å². The number of benzene rings is 2. The Labute approximate surface area is 124 Å². The fraction of sp³-hybridized carbons (Fsp3) is 0.200. The van der Waals surface area contributed by atoms with Gasteiger partial charge in [-0.2, -0.15) is 0 Å². The first-order valence-electron chi connectivity index (χ1n) is 6.52. The van der Waals surface area contributed by atoms with Crippen molar-refractivity contribution in [1.82, 2.24) is 4.72 Å². The smallest absolute Gasteiger partial charge is 0.242 e. The van der Waals surface area contributed by atoms with Gasteiger partial charge < -0.3 is 10.4 Å². The summed E-state index contributed by atoms with van der Waals surface area (Å²) in [5.41, 5.74) is 2.34. The van der Waals surface area contributed by atoms with Gasteiger partial charge in [0.1, 0.15) is 4.90 Å². The van der Waals surface area contributed by atoms with Gasteiger partial charge in [0.15, 0.2) is 0 Å². The summed E-state index contributed by atoms with van der Waals surface area (Å²) in [6.45, 7) is 0.461. The number of nitrogens with one attached hydrogen (secondary N) is 2. The number of hydrogen-bond acceptors (Lipinski definition) is 4. The average Bonchev–Trinajstić information content (AvgIpc) is 2.53. The predicted molar refractivity (Wildman–Crippen MR) is 82.4 cm³/mol. The quantitative estimate of drug-likeness (QED) is 0.759. The summed E-state index contributed by atoms with van der Waals surface area (Å²) in [6, 6.07) is 14.2. The Morgan fingerprint density at radius 1 is 1.05 bits per heavy atom. The molecule has 0 spiro atoms. The summed E-state index contributed by atoms with van der Waals surface area (Å²) >= 11 is 0. The Kier molecular flexibility index (Phi) is 4.95. The van der Waals surface area contributed by atoms with Crippen molar-refractivity contribution in [1.29, 1.82) is 0 Å². The highest BCUT2D eigenvalue weighted by Gasteiger charge is 2.15. The molecule has 0 aliphatic heterocycles. The molecule has 0 radical (unpaired) electrons. The van der Waals surface area contributed by atoms with Crippen LogP contribution in [0, 0.1) is 0 Å². The van der Waals surface area contributed by atoms with Crippen molar-refractivity contribution in [2.24, 2.45) is 0 Å². The summed E-state index contributed by atoms with van der Waals surface area (Å²) in [5, 5.41) is 12.2. The number of rotatable bonds is 6. The molecule has 5 nitrogen and oxygen atoms in total. The van der Waals surface area contributed by atoms with Crippen LogP contribution in [0.15, 0.2) is 53.4 Å². The molecule has 2 aromatic rings. The molecule has 0 aliphatic rings. The predicted octanol–water partition coefficient (Wildman–Crippen LogP) is 1.70. The van der Waals surface area contributed by atoms with Gasteiger partial charge in [-0.05, 0) is 30.3 Å². The van der Waals surface area contributed by atoms with Crippen molar-refractivity contribution in [3.05, 3.63) is 59.7 Å². The summed E-state index contributed by atoms with van der Waals surface area (Å²) in [6.07, 6.45) is 0. The lowest BCUT2D eigenvalue weighted by atomic mass is 10.1. The van der Waals surface area contributed by atoms with Crippen molar-refractivity contribution < 1.29 is 13.5 Å². The van der Waals surface area contributed by atoms with Crippen molar-refractivity contribution in [3.8, 4) is 0 Å². The monoisotopic (exact) mass is 306 g/mol. The molecule has 2 rings (SSSR count). The molecular formula is C15H18N2O3S. The highest BCUT2D eigenvalue weighted by atomic mass is 32.2. The first kappa shape index (κ1) is 15.5. The number of para-hydroxylation sites is 1. The van der Waals surface area contributed by atoms with Gasteiger partial charge in [0.05, 0.1) is 12.3 Å². The maximum absolute atomic E-state index is 11.9. The molecular weight excluding hydrogens is 288 g/mol. The van der Waals surface area contributed by atoms with E-state index >= 15 is 0 Å². The minimum atomic E-state index is -3.50. The molecule has 0 atom stereocenters. The molecule has 0 aliphatic carbocycles. The van der Waals surface area contributed by atoms with E-state index in [-0.39, 0.29) is 11.5 Å². The van der Waals surface area contributed by atoms with Gasteiger partial charge in [0, 0.05) is 6.54 Å². The van der Waals surface area contributed by atoms with E-state index in [4.69, 9.17) is 5.11 Å². The Morgan fingerprint density at radius 3 is 2.48 bits per heavy atom. The van der Waals surface area contributed by atoms with Crippen LogP contribution in [0.2, 0.25) is 0 Å². The van der Waals surface area contributed by atoms with Crippen LogP contribution in [-0.4, -0.2) is 20.6 Å². The summed E-state index contributed by atoms with van der Waals surface area (Å²) in [4.78, 5) is 0.214. The van der Waals surface area contributed by atoms with Crippen molar-refractivity contribution in [2.75, 3.05) is 12.4 Å². The van der Waals surface area contributed by atoms with Crippen LogP contribution in [0.3, 0.4) is 0 Å². The van der Waals surface area contributed by atoms with Gasteiger partial charge in [-0.3, -0.25) is 0 Å². The van der Waals surface area contributed by atoms with Crippen LogP contribution in [0.25, 0.3) is 0 Å². The first-order valence-corrected chi connectivity index (χ1v) is 8.00. The zero-order valence-corrected chi connectivity index (χ0v) is 12.5. The van der Waals surface area contributed by atoms with Gasteiger partial charge >= 0.3 is 0 Å². The number of aliphatic hydroxyl groups excluding tert-OH is 1. The van der Waals surface area contributed by atoms with Crippen LogP contribution in [-0.2, 0) is 23.2 Å². The van der Waals surface area contributed by atoms with E-state index < -0.39 is 10.0 Å². The fourth-order valence-electron chi connectivity index (χ4n) is 1.99. The average molecular weight is 306 g/mol. The molecule has 112 valence electrons. The van der Waals surface area contributed by atoms with Gasteiger partial charge in [-0.15, -0.1) is 0 Å². The van der Waals surface area contributed by atoms with Crippen molar-refractivity contribution >= 4 is 15.7 Å². The lowest BCUT2D eigenvalue weighted by Gasteiger charge is -2.12. The molecule has 0 aromatic heterocycles. The summed E-state index contributed by atoms with van der Waals surface area (Å²) in [5.74, 6) is 0. The van der Waals surface area contributed by atoms with Gasteiger partial charge in [-0.25, -0.2) is 13.1 Å². The van der Waals surface area contributed by atoms with Gasteiger partial charge in [0.25, 0.3) is 0 Å². The molecule has 0 amide bonds. The van der Waals surface area contributed by atoms with Gasteiger partial charge in [0.2, 0.25) is 10.0 Å². The number of aliphatic hydroxyl groups is 1. The summed E-state index contributed by atoms with van der Waals surface area (Å²) in [7, 11) is -2.11. The SMILES string of the molecule is CNS(=O)(=O)c1ccccc1NCc1cccc(CO)c1. The third-order valence-electron chi connectivity index (χ3n) is 3.10. The molecule has 2 aromatic carbocycles. The van der Waals surface area contributed by atoms with Crippen molar-refractivity contribution in [2.45, 2.75) is 18.0 Å². The second-order valence-electron chi connectivity index (χ2n) is 4.54. The standard InChI is InChI=1S/C15H18N2O3S/c1-16-21(19,20)15-8-3-2-7-14(15)17-10-12-5-4-6-13(9-12)11-18/h2-9,16-18H,10-11H2,1H3. The molecule has 0 bridgehead atoms. The normalized spacial score (nSPS) is 11.3. The second-order valence-corrected chi connectivity index (χ2v) is 6.39. The maximum atomic E-state index is 11.9. The van der Waals surface area contributed by atoms with Crippen LogP contribution in [0.4, 0.5) is 5.69 Å². The zero-order valence-electron chi connectivity index (χ0n) is 11.7. The third kappa shape index (κ3) is 3.81. The summed E-state index contributed by atoms with van der Waals surface area (Å²) < 4.78 is 26.2. The molecule has 3 N–H and O–H groups in total. The minimum Gasteiger partial charge on any atom is -0.392 e. The van der Waals surface area contributed by atoms with E-state index in [9.17, 15) is 8.42 Å². The van der Waals surface area contributed by atoms with E-state index in [1.54, 1.807) is 24.3 Å². The van der Waals surface area contributed by atoms with Gasteiger partial charge in [-0.1, -0.05) is 36.4 Å². The highest BCUT2D eigenvalue weighted by molar-refractivity contribution is 7.89. The third-order valence-corrected chi connectivity index (χ3v) is 4.57. The Balaban J connectivity index is 2.21. The Morgan fingerprint density at radius 2 is 1.76 bits per heavy atom. The van der Waals surface area contributed by atoms with Crippen LogP contribution in [0.1, 0.15) is 11.1 Å². The zero-order chi connectivity index (χ0) is 15.3. The van der Waals surface area contributed by atoms with Crippen LogP contribution >= 0.6 is 0 Å². The molecule has 0 saturated heterocycles. The van der Waals surface area contributed by atoms with Crippen molar-refractivity contribution in [3.63, 3.8) is 0 Å². The Bertz CT molecular complexity index is 714.